The second-order valence-electron chi connectivity index (χ2n) is 19.3. The highest BCUT2D eigenvalue weighted by Gasteiger charge is 2.24. The number of benzene rings is 11. The van der Waals surface area contributed by atoms with Crippen molar-refractivity contribution >= 4 is 109 Å². The first-order valence-corrected chi connectivity index (χ1v) is 26.0. The lowest BCUT2D eigenvalue weighted by Gasteiger charge is -2.13. The van der Waals surface area contributed by atoms with E-state index in [1.807, 2.05) is 11.3 Å². The molecule has 0 bridgehead atoms. The third-order valence-corrected chi connectivity index (χ3v) is 16.4. The lowest BCUT2D eigenvalue weighted by molar-refractivity contribution is 1.01. The van der Waals surface area contributed by atoms with Crippen LogP contribution in [0.2, 0.25) is 0 Å². The molecular formula is C68H41N5S. The van der Waals surface area contributed by atoms with Crippen molar-refractivity contribution in [2.45, 2.75) is 0 Å². The summed E-state index contributed by atoms with van der Waals surface area (Å²) < 4.78 is 8.25. The van der Waals surface area contributed by atoms with Crippen LogP contribution in [0.1, 0.15) is 0 Å². The molecule has 0 radical (unpaired) electrons. The first-order valence-electron chi connectivity index (χ1n) is 25.1. The number of fused-ring (bicyclic) bond motifs is 14. The minimum absolute atomic E-state index is 0.634. The topological polar surface area (TPSA) is 40.6 Å². The van der Waals surface area contributed by atoms with Crippen LogP contribution in [0.15, 0.2) is 249 Å². The van der Waals surface area contributed by atoms with Crippen molar-refractivity contribution < 1.29 is 0 Å². The van der Waals surface area contributed by atoms with E-state index in [9.17, 15) is 0 Å². The van der Waals surface area contributed by atoms with Gasteiger partial charge in [0.1, 0.15) is 0 Å². The minimum Gasteiger partial charge on any atom is -0.309 e. The number of para-hydroxylation sites is 4. The molecule has 0 N–H and O–H groups in total. The van der Waals surface area contributed by atoms with Gasteiger partial charge in [0.05, 0.1) is 44.3 Å². The average molecular weight is 960 g/mol. The standard InChI is InChI=1S/C68H41N5S/c1-4-18-43(19-5-1)62-41-46-31-35-55-65(67(46)74-62)66(45-34-37-58-53(40-45)51-25-12-14-28-56(51)71(58)47-20-6-2-7-21-47)70-68(69-55)73-59-36-33-44(39-54(59)64-49-24-11-10-17-42(49)32-38-61(64)73)50-27-16-30-60-63(50)52-26-13-15-29-57(52)72(60)48-22-8-3-9-23-48/h1-41H. The summed E-state index contributed by atoms with van der Waals surface area (Å²) in [4.78, 5) is 12.6. The summed E-state index contributed by atoms with van der Waals surface area (Å²) in [7, 11) is 0. The van der Waals surface area contributed by atoms with Crippen LogP contribution in [0.3, 0.4) is 0 Å². The van der Waals surface area contributed by atoms with Gasteiger partial charge in [-0.3, -0.25) is 4.57 Å². The van der Waals surface area contributed by atoms with E-state index in [2.05, 4.69) is 262 Å². The Hall–Kier alpha value is -9.62. The van der Waals surface area contributed by atoms with E-state index in [0.29, 0.717) is 5.95 Å². The molecule has 0 aliphatic rings. The molecule has 0 fully saturated rings. The highest BCUT2D eigenvalue weighted by atomic mass is 32.1. The molecule has 0 saturated heterocycles. The predicted octanol–water partition coefficient (Wildman–Crippen LogP) is 18.3. The van der Waals surface area contributed by atoms with Gasteiger partial charge in [-0.1, -0.05) is 164 Å². The lowest BCUT2D eigenvalue weighted by atomic mass is 9.97. The third-order valence-electron chi connectivity index (χ3n) is 15.2. The van der Waals surface area contributed by atoms with Crippen molar-refractivity contribution in [1.29, 1.82) is 0 Å². The quantitative estimate of drug-likeness (QED) is 0.167. The van der Waals surface area contributed by atoms with Crippen LogP contribution in [0, 0.1) is 0 Å². The zero-order chi connectivity index (χ0) is 48.4. The number of rotatable bonds is 6. The Bertz CT molecular complexity index is 4950. The minimum atomic E-state index is 0.634. The smallest absolute Gasteiger partial charge is 0.235 e. The summed E-state index contributed by atoms with van der Waals surface area (Å²) in [6.45, 7) is 0. The van der Waals surface area contributed by atoms with E-state index in [1.54, 1.807) is 0 Å². The average Bonchev–Trinajstić information content (AvgIpc) is 4.24. The Balaban J connectivity index is 0.973. The normalized spacial score (nSPS) is 12.1. The highest BCUT2D eigenvalue weighted by Crippen LogP contribution is 2.46. The summed E-state index contributed by atoms with van der Waals surface area (Å²) in [6, 6.07) is 90.2. The van der Waals surface area contributed by atoms with Crippen LogP contribution in [-0.4, -0.2) is 23.7 Å². The molecule has 11 aromatic carbocycles. The predicted molar refractivity (Wildman–Crippen MR) is 312 cm³/mol. The van der Waals surface area contributed by atoms with Gasteiger partial charge >= 0.3 is 0 Å². The van der Waals surface area contributed by atoms with E-state index < -0.39 is 0 Å². The van der Waals surface area contributed by atoms with Gasteiger partial charge in [-0.2, -0.15) is 0 Å². The molecule has 0 unspecified atom stereocenters. The van der Waals surface area contributed by atoms with E-state index in [1.165, 1.54) is 80.3 Å². The molecule has 5 heterocycles. The van der Waals surface area contributed by atoms with Gasteiger partial charge < -0.3 is 9.13 Å². The van der Waals surface area contributed by atoms with Crippen LogP contribution in [0.5, 0.6) is 0 Å². The fourth-order valence-corrected chi connectivity index (χ4v) is 13.2. The second-order valence-corrected chi connectivity index (χ2v) is 20.3. The molecule has 16 rings (SSSR count). The van der Waals surface area contributed by atoms with Crippen molar-refractivity contribution in [2.75, 3.05) is 0 Å². The Morgan fingerprint density at radius 2 is 0.878 bits per heavy atom. The molecule has 16 aromatic rings. The van der Waals surface area contributed by atoms with Gasteiger partial charge in [-0.05, 0) is 118 Å². The number of hydrogen-bond acceptors (Lipinski definition) is 3. The molecule has 0 atom stereocenters. The van der Waals surface area contributed by atoms with Gasteiger partial charge in [0, 0.05) is 64.2 Å². The Labute approximate surface area is 428 Å². The Kier molecular flexibility index (Phi) is 8.84. The van der Waals surface area contributed by atoms with Crippen LogP contribution in [0.25, 0.3) is 147 Å². The Morgan fingerprint density at radius 3 is 1.66 bits per heavy atom. The number of thiophene rings is 1. The van der Waals surface area contributed by atoms with E-state index in [4.69, 9.17) is 9.97 Å². The van der Waals surface area contributed by atoms with Crippen molar-refractivity contribution in [2.24, 2.45) is 0 Å². The van der Waals surface area contributed by atoms with Gasteiger partial charge in [0.15, 0.2) is 0 Å². The zero-order valence-corrected chi connectivity index (χ0v) is 40.6. The molecule has 0 aliphatic carbocycles. The summed E-state index contributed by atoms with van der Waals surface area (Å²) in [5.74, 6) is 0.634. The Morgan fingerprint density at radius 1 is 0.311 bits per heavy atom. The van der Waals surface area contributed by atoms with Crippen LogP contribution in [0.4, 0.5) is 0 Å². The maximum Gasteiger partial charge on any atom is 0.235 e. The summed E-state index contributed by atoms with van der Waals surface area (Å²) in [5, 5.41) is 11.8. The largest absolute Gasteiger partial charge is 0.309 e. The summed E-state index contributed by atoms with van der Waals surface area (Å²) in [6.07, 6.45) is 0. The molecule has 74 heavy (non-hydrogen) atoms. The van der Waals surface area contributed by atoms with Crippen molar-refractivity contribution in [3.8, 4) is 50.1 Å². The summed E-state index contributed by atoms with van der Waals surface area (Å²) in [5.41, 5.74) is 15.5. The lowest BCUT2D eigenvalue weighted by Crippen LogP contribution is -2.03. The molecule has 0 saturated carbocycles. The maximum absolute atomic E-state index is 5.81. The fourth-order valence-electron chi connectivity index (χ4n) is 12.0. The first-order chi connectivity index (χ1) is 36.7. The van der Waals surface area contributed by atoms with E-state index in [0.717, 1.165) is 61.0 Å². The van der Waals surface area contributed by atoms with Gasteiger partial charge in [-0.15, -0.1) is 11.3 Å². The second kappa shape index (κ2) is 15.9. The van der Waals surface area contributed by atoms with Gasteiger partial charge in [0.25, 0.3) is 0 Å². The molecule has 0 aliphatic heterocycles. The van der Waals surface area contributed by atoms with Crippen molar-refractivity contribution in [1.82, 2.24) is 23.7 Å². The number of nitrogens with zero attached hydrogens (tertiary/aromatic N) is 5. The van der Waals surface area contributed by atoms with Crippen LogP contribution < -0.4 is 0 Å². The maximum atomic E-state index is 5.81. The van der Waals surface area contributed by atoms with Crippen LogP contribution >= 0.6 is 11.3 Å². The van der Waals surface area contributed by atoms with Crippen LogP contribution in [-0.2, 0) is 0 Å². The fraction of sp³-hybridized carbons (Fsp3) is 0. The first kappa shape index (κ1) is 41.0. The van der Waals surface area contributed by atoms with E-state index in [-0.39, 0.29) is 0 Å². The molecule has 6 heteroatoms. The monoisotopic (exact) mass is 959 g/mol. The molecular weight excluding hydrogens is 919 g/mol. The molecule has 0 amide bonds. The number of hydrogen-bond donors (Lipinski definition) is 0. The molecule has 5 nitrogen and oxygen atoms in total. The van der Waals surface area contributed by atoms with Crippen molar-refractivity contribution in [3.63, 3.8) is 0 Å². The number of aromatic nitrogens is 5. The molecule has 0 spiro atoms. The van der Waals surface area contributed by atoms with E-state index >= 15 is 0 Å². The van der Waals surface area contributed by atoms with Gasteiger partial charge in [-0.25, -0.2) is 9.97 Å². The molecule has 5 aromatic heterocycles. The van der Waals surface area contributed by atoms with Gasteiger partial charge in [0.2, 0.25) is 5.95 Å². The SMILES string of the molecule is c1ccc(-c2cc3ccc4nc(-n5c6ccc(-c7cccc8c7c7ccccc7n8-c7ccccc7)cc6c6c7ccccc7ccc65)nc(-c5ccc6c(c5)c5ccccc5n6-c5ccccc5)c4c3s2)cc1. The molecule has 344 valence electrons. The zero-order valence-electron chi connectivity index (χ0n) is 39.8. The highest BCUT2D eigenvalue weighted by molar-refractivity contribution is 7.23. The van der Waals surface area contributed by atoms with Crippen molar-refractivity contribution in [3.05, 3.63) is 249 Å². The summed E-state index contributed by atoms with van der Waals surface area (Å²) >= 11 is 1.81. The third kappa shape index (κ3) is 6.03.